The molecule has 3 N–H and O–H groups in total. The van der Waals surface area contributed by atoms with Crippen molar-refractivity contribution in [3.63, 3.8) is 0 Å². The van der Waals surface area contributed by atoms with Gasteiger partial charge in [0.05, 0.1) is 0 Å². The minimum absolute atomic E-state index is 0.272. The second-order valence-electron chi connectivity index (χ2n) is 8.96. The van der Waals surface area contributed by atoms with Gasteiger partial charge in [-0.15, -0.1) is 0 Å². The van der Waals surface area contributed by atoms with Crippen LogP contribution < -0.4 is 19.5 Å². The Labute approximate surface area is 216 Å². The van der Waals surface area contributed by atoms with Crippen LogP contribution in [0.25, 0.3) is 32.7 Å². The summed E-state index contributed by atoms with van der Waals surface area (Å²) in [5, 5.41) is 17.9. The summed E-state index contributed by atoms with van der Waals surface area (Å²) < 4.78 is 57.8. The van der Waals surface area contributed by atoms with Crippen molar-refractivity contribution >= 4 is 35.3 Å². The Morgan fingerprint density at radius 1 is 0.921 bits per heavy atom. The van der Waals surface area contributed by atoms with E-state index < -0.39 is 19.9 Å². The Morgan fingerprint density at radius 2 is 1.42 bits per heavy atom. The summed E-state index contributed by atoms with van der Waals surface area (Å²) in [6.07, 6.45) is -2.91. The SMILES string of the molecule is O=C(O)C(F)(F)F.O=P1(NC[C@@H]2CCCN2)Oc2ccc3ccccc3c2-c2c(ccc3ccccc23)O1. The Balaban J connectivity index is 0.000000374. The van der Waals surface area contributed by atoms with Crippen molar-refractivity contribution in [2.75, 3.05) is 13.1 Å². The molecule has 1 fully saturated rings. The van der Waals surface area contributed by atoms with Gasteiger partial charge in [-0.2, -0.15) is 18.3 Å². The van der Waals surface area contributed by atoms with Crippen molar-refractivity contribution in [1.29, 1.82) is 0 Å². The lowest BCUT2D eigenvalue weighted by atomic mass is 9.92. The molecule has 2 aliphatic rings. The van der Waals surface area contributed by atoms with Crippen LogP contribution in [0.3, 0.4) is 0 Å². The summed E-state index contributed by atoms with van der Waals surface area (Å²) in [5.74, 6) is -1.61. The van der Waals surface area contributed by atoms with Gasteiger partial charge in [0.25, 0.3) is 0 Å². The van der Waals surface area contributed by atoms with Crippen LogP contribution in [0.1, 0.15) is 12.8 Å². The number of aliphatic carboxylic acids is 1. The van der Waals surface area contributed by atoms with Crippen molar-refractivity contribution in [3.8, 4) is 22.6 Å². The Kier molecular flexibility index (Phi) is 7.05. The second-order valence-corrected chi connectivity index (χ2v) is 10.6. The van der Waals surface area contributed by atoms with E-state index in [0.29, 0.717) is 18.0 Å². The lowest BCUT2D eigenvalue weighted by molar-refractivity contribution is -0.192. The number of fused-ring (bicyclic) bond motifs is 7. The number of nitrogens with one attached hydrogen (secondary N) is 2. The van der Waals surface area contributed by atoms with Crippen LogP contribution in [0.2, 0.25) is 0 Å². The first kappa shape index (κ1) is 26.0. The quantitative estimate of drug-likeness (QED) is 0.253. The van der Waals surface area contributed by atoms with Crippen LogP contribution in [0.15, 0.2) is 72.8 Å². The molecule has 0 amide bonds. The lowest BCUT2D eigenvalue weighted by Gasteiger charge is -2.20. The number of hydrogen-bond acceptors (Lipinski definition) is 5. The van der Waals surface area contributed by atoms with Crippen LogP contribution in [0.4, 0.5) is 13.2 Å². The van der Waals surface area contributed by atoms with Crippen molar-refractivity contribution in [1.82, 2.24) is 10.4 Å². The molecule has 0 unspecified atom stereocenters. The fourth-order valence-corrected chi connectivity index (χ4v) is 6.10. The average molecular weight is 544 g/mol. The van der Waals surface area contributed by atoms with Gasteiger partial charge in [0, 0.05) is 23.7 Å². The molecule has 7 nitrogen and oxygen atoms in total. The minimum atomic E-state index is -5.08. The van der Waals surface area contributed by atoms with Gasteiger partial charge in [0.15, 0.2) is 0 Å². The Hall–Kier alpha value is -3.59. The van der Waals surface area contributed by atoms with Gasteiger partial charge in [0.1, 0.15) is 11.5 Å². The third-order valence-electron chi connectivity index (χ3n) is 6.40. The highest BCUT2D eigenvalue weighted by Gasteiger charge is 2.38. The molecule has 0 bridgehead atoms. The molecule has 11 heteroatoms. The normalized spacial score (nSPS) is 17.8. The molecule has 0 aliphatic carbocycles. The fourth-order valence-electron chi connectivity index (χ4n) is 4.67. The molecule has 0 saturated carbocycles. The molecular weight excluding hydrogens is 520 g/mol. The zero-order valence-corrected chi connectivity index (χ0v) is 20.9. The maximum atomic E-state index is 13.8. The van der Waals surface area contributed by atoms with Crippen molar-refractivity contribution < 1.29 is 36.7 Å². The van der Waals surface area contributed by atoms with Gasteiger partial charge in [-0.1, -0.05) is 60.7 Å². The molecule has 38 heavy (non-hydrogen) atoms. The predicted octanol–water partition coefficient (Wildman–Crippen LogP) is 6.51. The van der Waals surface area contributed by atoms with Crippen LogP contribution in [0.5, 0.6) is 11.5 Å². The smallest absolute Gasteiger partial charge is 0.475 e. The number of carboxylic acid groups (broad SMARTS) is 1. The highest BCUT2D eigenvalue weighted by atomic mass is 31.2. The van der Waals surface area contributed by atoms with E-state index in [9.17, 15) is 17.7 Å². The number of carboxylic acids is 1. The first-order valence-electron chi connectivity index (χ1n) is 12.0. The van der Waals surface area contributed by atoms with Gasteiger partial charge in [-0.25, -0.2) is 9.36 Å². The molecular formula is C27H24F3N2O5P. The first-order chi connectivity index (χ1) is 18.1. The third-order valence-corrected chi connectivity index (χ3v) is 7.85. The molecule has 2 heterocycles. The van der Waals surface area contributed by atoms with Crippen LogP contribution in [-0.4, -0.2) is 36.4 Å². The van der Waals surface area contributed by atoms with Gasteiger partial charge in [0.2, 0.25) is 0 Å². The minimum Gasteiger partial charge on any atom is -0.475 e. The van der Waals surface area contributed by atoms with Crippen LogP contribution >= 0.6 is 7.75 Å². The zero-order valence-electron chi connectivity index (χ0n) is 20.0. The van der Waals surface area contributed by atoms with Crippen LogP contribution in [0, 0.1) is 0 Å². The van der Waals surface area contributed by atoms with Crippen molar-refractivity contribution in [2.45, 2.75) is 25.1 Å². The molecule has 4 aromatic rings. The highest BCUT2D eigenvalue weighted by Crippen LogP contribution is 2.56. The standard InChI is InChI=1S/C25H23N2O3P.C2HF3O2/c28-31(27-16-19-8-5-15-26-19)29-22-13-11-17-6-1-3-9-20(17)24(22)25-21-10-4-2-7-18(21)12-14-23(25)30-31;3-2(4,5)1(6)7/h1-4,6-7,9-14,19,26H,5,8,15-16H2,(H,27,28);(H,6,7)/t19-;/m0./s1. The number of halogens is 3. The number of carbonyl (C=O) groups is 1. The summed E-state index contributed by atoms with van der Waals surface area (Å²) in [4.78, 5) is 8.90. The summed E-state index contributed by atoms with van der Waals surface area (Å²) in [5.41, 5.74) is 1.84. The maximum absolute atomic E-state index is 13.8. The first-order valence-corrected chi connectivity index (χ1v) is 13.5. The van der Waals surface area contributed by atoms with E-state index in [1.54, 1.807) is 0 Å². The maximum Gasteiger partial charge on any atom is 0.512 e. The van der Waals surface area contributed by atoms with Gasteiger partial charge < -0.3 is 19.5 Å². The van der Waals surface area contributed by atoms with Crippen molar-refractivity contribution in [3.05, 3.63) is 72.8 Å². The number of benzene rings is 4. The van der Waals surface area contributed by atoms with Gasteiger partial charge in [-0.3, -0.25) is 0 Å². The summed E-state index contributed by atoms with van der Waals surface area (Å²) in [6, 6.07) is 24.5. The monoisotopic (exact) mass is 544 g/mol. The van der Waals surface area contributed by atoms with E-state index in [4.69, 9.17) is 18.9 Å². The van der Waals surface area contributed by atoms with E-state index >= 15 is 0 Å². The molecule has 2 aliphatic heterocycles. The van der Waals surface area contributed by atoms with E-state index in [0.717, 1.165) is 52.1 Å². The topological polar surface area (TPSA) is 96.9 Å². The van der Waals surface area contributed by atoms with E-state index in [1.807, 2.05) is 48.5 Å². The predicted molar refractivity (Wildman–Crippen MR) is 138 cm³/mol. The summed E-state index contributed by atoms with van der Waals surface area (Å²) in [7, 11) is -3.62. The molecule has 1 atom stereocenters. The molecule has 198 valence electrons. The number of rotatable bonds is 3. The van der Waals surface area contributed by atoms with E-state index in [2.05, 4.69) is 34.7 Å². The van der Waals surface area contributed by atoms with Crippen molar-refractivity contribution in [2.24, 2.45) is 0 Å². The Morgan fingerprint density at radius 3 is 1.87 bits per heavy atom. The average Bonchev–Trinajstić information content (AvgIpc) is 3.37. The van der Waals surface area contributed by atoms with Crippen LogP contribution in [-0.2, 0) is 9.36 Å². The number of hydrogen-bond donors (Lipinski definition) is 3. The van der Waals surface area contributed by atoms with E-state index in [-0.39, 0.29) is 6.04 Å². The lowest BCUT2D eigenvalue weighted by Crippen LogP contribution is -2.34. The van der Waals surface area contributed by atoms with E-state index in [1.165, 1.54) is 0 Å². The zero-order chi connectivity index (χ0) is 26.9. The number of alkyl halides is 3. The largest absolute Gasteiger partial charge is 0.512 e. The molecule has 0 aromatic heterocycles. The molecule has 4 aromatic carbocycles. The highest BCUT2D eigenvalue weighted by molar-refractivity contribution is 7.52. The molecule has 6 rings (SSSR count). The third kappa shape index (κ3) is 5.34. The summed E-state index contributed by atoms with van der Waals surface area (Å²) >= 11 is 0. The van der Waals surface area contributed by atoms with Gasteiger partial charge in [-0.05, 0) is 53.1 Å². The molecule has 0 radical (unpaired) electrons. The molecule has 1 saturated heterocycles. The molecule has 0 spiro atoms. The summed E-state index contributed by atoms with van der Waals surface area (Å²) in [6.45, 7) is 1.52. The fraction of sp³-hybridized carbons (Fsp3) is 0.222. The van der Waals surface area contributed by atoms with Gasteiger partial charge >= 0.3 is 19.9 Å². The second kappa shape index (κ2) is 10.3. The Bertz CT molecular complexity index is 1460.